The standard InChI is InChI=1S/C11H21NO3/c1-3-4-10(14)5-12-6-11(7-13)15-8-9(12)2/h9,11,13H,3-8H2,1-2H3. The molecule has 0 amide bonds. The minimum absolute atomic E-state index is 0.0329. The van der Waals surface area contributed by atoms with Crippen molar-refractivity contribution in [2.75, 3.05) is 26.3 Å². The topological polar surface area (TPSA) is 49.8 Å². The average Bonchev–Trinajstić information content (AvgIpc) is 2.21. The van der Waals surface area contributed by atoms with Crippen LogP contribution in [0.5, 0.6) is 0 Å². The third-order valence-corrected chi connectivity index (χ3v) is 2.75. The molecule has 0 bridgehead atoms. The Morgan fingerprint density at radius 2 is 2.33 bits per heavy atom. The largest absolute Gasteiger partial charge is 0.394 e. The predicted molar refractivity (Wildman–Crippen MR) is 57.8 cm³/mol. The van der Waals surface area contributed by atoms with Gasteiger partial charge in [0.2, 0.25) is 0 Å². The molecule has 0 aliphatic carbocycles. The minimum Gasteiger partial charge on any atom is -0.394 e. The molecule has 1 rings (SSSR count). The second kappa shape index (κ2) is 6.20. The van der Waals surface area contributed by atoms with Gasteiger partial charge in [0, 0.05) is 19.0 Å². The molecule has 0 aromatic heterocycles. The lowest BCUT2D eigenvalue weighted by atomic mass is 10.1. The molecule has 0 spiro atoms. The van der Waals surface area contributed by atoms with Crippen LogP contribution in [0, 0.1) is 0 Å². The van der Waals surface area contributed by atoms with Crippen LogP contribution in [0.4, 0.5) is 0 Å². The van der Waals surface area contributed by atoms with E-state index in [1.165, 1.54) is 0 Å². The number of hydrogen-bond donors (Lipinski definition) is 1. The minimum atomic E-state index is -0.129. The van der Waals surface area contributed by atoms with Gasteiger partial charge >= 0.3 is 0 Å². The number of carbonyl (C=O) groups is 1. The smallest absolute Gasteiger partial charge is 0.146 e. The number of hydrogen-bond acceptors (Lipinski definition) is 4. The van der Waals surface area contributed by atoms with Gasteiger partial charge in [0.1, 0.15) is 5.78 Å². The van der Waals surface area contributed by atoms with E-state index in [-0.39, 0.29) is 24.5 Å². The van der Waals surface area contributed by atoms with E-state index in [9.17, 15) is 4.79 Å². The van der Waals surface area contributed by atoms with Crippen molar-refractivity contribution in [3.63, 3.8) is 0 Å². The van der Waals surface area contributed by atoms with E-state index in [2.05, 4.69) is 4.90 Å². The zero-order valence-corrected chi connectivity index (χ0v) is 9.61. The fourth-order valence-corrected chi connectivity index (χ4v) is 1.79. The van der Waals surface area contributed by atoms with Crippen molar-refractivity contribution in [1.82, 2.24) is 4.90 Å². The summed E-state index contributed by atoms with van der Waals surface area (Å²) in [6.45, 7) is 5.85. The number of ether oxygens (including phenoxy) is 1. The molecule has 1 aliphatic heterocycles. The third kappa shape index (κ3) is 3.89. The fraction of sp³-hybridized carbons (Fsp3) is 0.909. The van der Waals surface area contributed by atoms with Crippen molar-refractivity contribution in [3.05, 3.63) is 0 Å². The third-order valence-electron chi connectivity index (χ3n) is 2.75. The number of ketones is 1. The van der Waals surface area contributed by atoms with Crippen LogP contribution >= 0.6 is 0 Å². The van der Waals surface area contributed by atoms with Gasteiger partial charge in [0.25, 0.3) is 0 Å². The number of rotatable bonds is 5. The molecule has 15 heavy (non-hydrogen) atoms. The lowest BCUT2D eigenvalue weighted by Crippen LogP contribution is -2.51. The van der Waals surface area contributed by atoms with Crippen LogP contribution < -0.4 is 0 Å². The Hall–Kier alpha value is -0.450. The Morgan fingerprint density at radius 1 is 1.60 bits per heavy atom. The van der Waals surface area contributed by atoms with Gasteiger partial charge in [0.15, 0.2) is 0 Å². The van der Waals surface area contributed by atoms with Gasteiger partial charge < -0.3 is 9.84 Å². The highest BCUT2D eigenvalue weighted by Crippen LogP contribution is 2.11. The number of nitrogens with zero attached hydrogens (tertiary/aromatic N) is 1. The second-order valence-corrected chi connectivity index (χ2v) is 4.21. The maximum Gasteiger partial charge on any atom is 0.146 e. The summed E-state index contributed by atoms with van der Waals surface area (Å²) in [5.41, 5.74) is 0. The SMILES string of the molecule is CCCC(=O)CN1CC(CO)OCC1C. The summed E-state index contributed by atoms with van der Waals surface area (Å²) in [7, 11) is 0. The van der Waals surface area contributed by atoms with Gasteiger partial charge in [-0.1, -0.05) is 6.92 Å². The van der Waals surface area contributed by atoms with Gasteiger partial charge in [-0.25, -0.2) is 0 Å². The lowest BCUT2D eigenvalue weighted by Gasteiger charge is -2.36. The molecule has 4 heteroatoms. The van der Waals surface area contributed by atoms with Gasteiger partial charge in [-0.15, -0.1) is 0 Å². The van der Waals surface area contributed by atoms with Crippen LogP contribution in [0.2, 0.25) is 0 Å². The van der Waals surface area contributed by atoms with Crippen LogP contribution in [0.1, 0.15) is 26.7 Å². The fourth-order valence-electron chi connectivity index (χ4n) is 1.79. The van der Waals surface area contributed by atoms with Crippen LogP contribution in [0.25, 0.3) is 0 Å². The highest BCUT2D eigenvalue weighted by atomic mass is 16.5. The summed E-state index contributed by atoms with van der Waals surface area (Å²) in [5.74, 6) is 0.280. The molecule has 0 aromatic carbocycles. The molecule has 2 atom stereocenters. The van der Waals surface area contributed by atoms with Gasteiger partial charge in [-0.3, -0.25) is 9.69 Å². The number of aliphatic hydroxyl groups excluding tert-OH is 1. The van der Waals surface area contributed by atoms with Gasteiger partial charge in [-0.05, 0) is 13.3 Å². The van der Waals surface area contributed by atoms with Crippen molar-refractivity contribution in [2.24, 2.45) is 0 Å². The first-order valence-electron chi connectivity index (χ1n) is 5.65. The number of aliphatic hydroxyl groups is 1. The maximum absolute atomic E-state index is 11.5. The summed E-state index contributed by atoms with van der Waals surface area (Å²) < 4.78 is 5.41. The van der Waals surface area contributed by atoms with Gasteiger partial charge in [-0.2, -0.15) is 0 Å². The molecule has 2 unspecified atom stereocenters. The highest BCUT2D eigenvalue weighted by Gasteiger charge is 2.26. The Bertz CT molecular complexity index is 208. The molecule has 88 valence electrons. The predicted octanol–water partition coefficient (Wildman–Crippen LogP) is 0.437. The van der Waals surface area contributed by atoms with E-state index in [0.29, 0.717) is 26.1 Å². The van der Waals surface area contributed by atoms with Crippen molar-refractivity contribution in [2.45, 2.75) is 38.8 Å². The molecule has 1 fully saturated rings. The van der Waals surface area contributed by atoms with E-state index in [1.54, 1.807) is 0 Å². The summed E-state index contributed by atoms with van der Waals surface area (Å²) in [6.07, 6.45) is 1.42. The van der Waals surface area contributed by atoms with Crippen molar-refractivity contribution >= 4 is 5.78 Å². The lowest BCUT2D eigenvalue weighted by molar-refractivity contribution is -0.125. The highest BCUT2D eigenvalue weighted by molar-refractivity contribution is 5.80. The summed E-state index contributed by atoms with van der Waals surface area (Å²) in [5, 5.41) is 9.00. The Labute approximate surface area is 91.2 Å². The van der Waals surface area contributed by atoms with Crippen LogP contribution in [-0.4, -0.2) is 54.2 Å². The maximum atomic E-state index is 11.5. The van der Waals surface area contributed by atoms with E-state index >= 15 is 0 Å². The Kier molecular flexibility index (Phi) is 5.22. The first-order chi connectivity index (χ1) is 7.17. The molecule has 1 heterocycles. The zero-order chi connectivity index (χ0) is 11.3. The normalized spacial score (nSPS) is 27.9. The molecular weight excluding hydrogens is 194 g/mol. The molecule has 0 radical (unpaired) electrons. The summed E-state index contributed by atoms with van der Waals surface area (Å²) >= 11 is 0. The van der Waals surface area contributed by atoms with E-state index in [0.717, 1.165) is 6.42 Å². The summed E-state index contributed by atoms with van der Waals surface area (Å²) in [6, 6.07) is 0.272. The van der Waals surface area contributed by atoms with Crippen LogP contribution in [0.15, 0.2) is 0 Å². The van der Waals surface area contributed by atoms with Crippen molar-refractivity contribution in [3.8, 4) is 0 Å². The van der Waals surface area contributed by atoms with Crippen molar-refractivity contribution < 1.29 is 14.6 Å². The van der Waals surface area contributed by atoms with Crippen LogP contribution in [0.3, 0.4) is 0 Å². The number of morpholine rings is 1. The molecule has 0 aromatic rings. The second-order valence-electron chi connectivity index (χ2n) is 4.21. The first kappa shape index (κ1) is 12.6. The Balaban J connectivity index is 2.40. The molecular formula is C11H21NO3. The zero-order valence-electron chi connectivity index (χ0n) is 9.61. The quantitative estimate of drug-likeness (QED) is 0.723. The molecule has 1 aliphatic rings. The first-order valence-corrected chi connectivity index (χ1v) is 5.65. The van der Waals surface area contributed by atoms with E-state index < -0.39 is 0 Å². The Morgan fingerprint density at radius 3 is 2.93 bits per heavy atom. The molecule has 4 nitrogen and oxygen atoms in total. The van der Waals surface area contributed by atoms with Crippen LogP contribution in [-0.2, 0) is 9.53 Å². The molecule has 1 saturated heterocycles. The summed E-state index contributed by atoms with van der Waals surface area (Å²) in [4.78, 5) is 13.6. The molecule has 1 N–H and O–H groups in total. The van der Waals surface area contributed by atoms with E-state index in [1.807, 2.05) is 13.8 Å². The molecule has 0 saturated carbocycles. The number of carbonyl (C=O) groups excluding carboxylic acids is 1. The monoisotopic (exact) mass is 215 g/mol. The number of Topliss-reactive ketones (excluding diaryl/α,β-unsaturated/α-hetero) is 1. The van der Waals surface area contributed by atoms with Gasteiger partial charge in [0.05, 0.1) is 25.9 Å². The average molecular weight is 215 g/mol. The van der Waals surface area contributed by atoms with Crippen molar-refractivity contribution in [1.29, 1.82) is 0 Å². The van der Waals surface area contributed by atoms with E-state index in [4.69, 9.17) is 9.84 Å².